The van der Waals surface area contributed by atoms with Crippen LogP contribution in [0.15, 0.2) is 30.0 Å². The van der Waals surface area contributed by atoms with Gasteiger partial charge < -0.3 is 14.4 Å². The van der Waals surface area contributed by atoms with Gasteiger partial charge in [-0.05, 0) is 19.9 Å². The third-order valence-electron chi connectivity index (χ3n) is 4.77. The summed E-state index contributed by atoms with van der Waals surface area (Å²) in [5, 5.41) is 0. The van der Waals surface area contributed by atoms with Crippen LogP contribution < -0.4 is 9.64 Å². The number of rotatable bonds is 2. The first-order chi connectivity index (χ1) is 9.69. The standard InChI is InChI=1S/C17H21NO2/c1-12(2)19-17-14-7-9-18(10-8-14)16(17)11-13-5-3-4-6-15(13)20-17/h3-6,11-12,14H,7-10H2,1-2H3/p+1/t17-/m1/s1. The average Bonchev–Trinajstić information content (AvgIpc) is 2.46. The lowest BCUT2D eigenvalue weighted by Gasteiger charge is -2.52. The molecule has 0 spiro atoms. The zero-order chi connectivity index (χ0) is 13.7. The zero-order valence-corrected chi connectivity index (χ0v) is 12.2. The quantitative estimate of drug-likeness (QED) is 0.888. The molecule has 0 saturated carbocycles. The molecule has 1 aromatic rings. The minimum Gasteiger partial charge on any atom is -0.452 e. The van der Waals surface area contributed by atoms with Crippen LogP contribution in [-0.2, 0) is 4.74 Å². The van der Waals surface area contributed by atoms with Crippen molar-refractivity contribution in [3.05, 3.63) is 35.5 Å². The van der Waals surface area contributed by atoms with Crippen LogP contribution in [0.2, 0.25) is 0 Å². The van der Waals surface area contributed by atoms with Crippen LogP contribution in [-0.4, -0.2) is 25.0 Å². The fourth-order valence-electron chi connectivity index (χ4n) is 3.97. The number of piperidine rings is 3. The largest absolute Gasteiger partial charge is 0.452 e. The Kier molecular flexibility index (Phi) is 2.69. The number of ether oxygens (including phenoxy) is 2. The Morgan fingerprint density at radius 1 is 1.25 bits per heavy atom. The van der Waals surface area contributed by atoms with Gasteiger partial charge in [-0.2, -0.15) is 0 Å². The summed E-state index contributed by atoms with van der Waals surface area (Å²) in [4.78, 5) is 1.54. The first-order valence-corrected chi connectivity index (χ1v) is 7.72. The van der Waals surface area contributed by atoms with Gasteiger partial charge in [0.05, 0.1) is 19.2 Å². The SMILES string of the molecule is CC(C)O[C@]12Oc3ccccc3C=C1[NH+]1CCC2CC1. The van der Waals surface area contributed by atoms with Gasteiger partial charge in [0.15, 0.2) is 5.70 Å². The van der Waals surface area contributed by atoms with E-state index in [1.54, 1.807) is 4.90 Å². The third-order valence-corrected chi connectivity index (χ3v) is 4.77. The summed E-state index contributed by atoms with van der Waals surface area (Å²) in [6.07, 6.45) is 4.87. The maximum atomic E-state index is 6.46. The lowest BCUT2D eigenvalue weighted by Crippen LogP contribution is -3.16. The molecule has 0 aromatic heterocycles. The summed E-state index contributed by atoms with van der Waals surface area (Å²) < 4.78 is 12.8. The summed E-state index contributed by atoms with van der Waals surface area (Å²) in [6, 6.07) is 8.29. The van der Waals surface area contributed by atoms with E-state index in [1.165, 1.54) is 37.2 Å². The molecular formula is C17H22NO2+. The number of para-hydroxylation sites is 1. The van der Waals surface area contributed by atoms with Gasteiger partial charge in [-0.3, -0.25) is 0 Å². The molecular weight excluding hydrogens is 250 g/mol. The van der Waals surface area contributed by atoms with Gasteiger partial charge in [-0.1, -0.05) is 18.2 Å². The highest BCUT2D eigenvalue weighted by atomic mass is 16.7. The van der Waals surface area contributed by atoms with Crippen LogP contribution >= 0.6 is 0 Å². The summed E-state index contributed by atoms with van der Waals surface area (Å²) in [5.41, 5.74) is 2.50. The second kappa shape index (κ2) is 4.34. The van der Waals surface area contributed by atoms with Gasteiger partial charge in [-0.15, -0.1) is 0 Å². The van der Waals surface area contributed by atoms with Crippen LogP contribution in [0.1, 0.15) is 32.3 Å². The smallest absolute Gasteiger partial charge is 0.289 e. The summed E-state index contributed by atoms with van der Waals surface area (Å²) in [7, 11) is 0. The fraction of sp³-hybridized carbons (Fsp3) is 0.529. The van der Waals surface area contributed by atoms with Crippen molar-refractivity contribution < 1.29 is 14.4 Å². The highest BCUT2D eigenvalue weighted by Gasteiger charge is 2.59. The predicted molar refractivity (Wildman–Crippen MR) is 77.4 cm³/mol. The van der Waals surface area contributed by atoms with Crippen molar-refractivity contribution in [2.24, 2.45) is 5.92 Å². The Morgan fingerprint density at radius 3 is 2.75 bits per heavy atom. The second-order valence-electron chi connectivity index (χ2n) is 6.41. The van der Waals surface area contributed by atoms with Crippen LogP contribution in [0.3, 0.4) is 0 Å². The molecule has 4 aliphatic heterocycles. The first-order valence-electron chi connectivity index (χ1n) is 7.72. The highest BCUT2D eigenvalue weighted by Crippen LogP contribution is 2.44. The van der Waals surface area contributed by atoms with Crippen LogP contribution in [0.25, 0.3) is 6.08 Å². The van der Waals surface area contributed by atoms with E-state index < -0.39 is 5.79 Å². The van der Waals surface area contributed by atoms with E-state index in [9.17, 15) is 0 Å². The fourth-order valence-corrected chi connectivity index (χ4v) is 3.97. The minimum atomic E-state index is -0.519. The second-order valence-corrected chi connectivity index (χ2v) is 6.41. The van der Waals surface area contributed by atoms with Crippen molar-refractivity contribution in [2.75, 3.05) is 13.1 Å². The Morgan fingerprint density at radius 2 is 2.00 bits per heavy atom. The summed E-state index contributed by atoms with van der Waals surface area (Å²) >= 11 is 0. The zero-order valence-electron chi connectivity index (χ0n) is 12.2. The molecule has 2 bridgehead atoms. The van der Waals surface area contributed by atoms with Crippen molar-refractivity contribution in [1.29, 1.82) is 0 Å². The molecule has 3 heteroatoms. The summed E-state index contributed by atoms with van der Waals surface area (Å²) in [6.45, 7) is 6.63. The lowest BCUT2D eigenvalue weighted by molar-refractivity contribution is -0.889. The average molecular weight is 272 g/mol. The van der Waals surface area contributed by atoms with Gasteiger partial charge in [-0.25, -0.2) is 0 Å². The Balaban J connectivity index is 1.85. The van der Waals surface area contributed by atoms with E-state index >= 15 is 0 Å². The van der Waals surface area contributed by atoms with E-state index in [-0.39, 0.29) is 6.10 Å². The van der Waals surface area contributed by atoms with E-state index in [0.717, 1.165) is 5.75 Å². The Labute approximate surface area is 120 Å². The first kappa shape index (κ1) is 12.4. The van der Waals surface area contributed by atoms with Crippen LogP contribution in [0.5, 0.6) is 5.75 Å². The molecule has 1 aromatic carbocycles. The molecule has 4 aliphatic rings. The van der Waals surface area contributed by atoms with E-state index in [2.05, 4.69) is 38.1 Å². The normalized spacial score (nSPS) is 34.2. The molecule has 0 radical (unpaired) electrons. The predicted octanol–water partition coefficient (Wildman–Crippen LogP) is 1.85. The number of fused-ring (bicyclic) bond motifs is 3. The monoisotopic (exact) mass is 272 g/mol. The summed E-state index contributed by atoms with van der Waals surface area (Å²) in [5.74, 6) is 0.931. The van der Waals surface area contributed by atoms with E-state index in [0.29, 0.717) is 5.92 Å². The van der Waals surface area contributed by atoms with Gasteiger partial charge in [0.1, 0.15) is 5.75 Å². The topological polar surface area (TPSA) is 22.9 Å². The van der Waals surface area contributed by atoms with Gasteiger partial charge in [0.2, 0.25) is 0 Å². The number of benzene rings is 1. The van der Waals surface area contributed by atoms with Gasteiger partial charge >= 0.3 is 0 Å². The molecule has 1 atom stereocenters. The van der Waals surface area contributed by atoms with Crippen LogP contribution in [0.4, 0.5) is 0 Å². The number of hydrogen-bond donors (Lipinski definition) is 1. The molecule has 0 unspecified atom stereocenters. The molecule has 0 amide bonds. The van der Waals surface area contributed by atoms with E-state index in [1.807, 2.05) is 6.07 Å². The Bertz CT molecular complexity index is 558. The number of quaternary nitrogens is 1. The number of nitrogens with one attached hydrogen (secondary N) is 1. The van der Waals surface area contributed by atoms with Gasteiger partial charge in [0.25, 0.3) is 5.79 Å². The van der Waals surface area contributed by atoms with Crippen molar-refractivity contribution in [3.8, 4) is 5.75 Å². The van der Waals surface area contributed by atoms with Crippen LogP contribution in [0, 0.1) is 5.92 Å². The minimum absolute atomic E-state index is 0.170. The molecule has 4 heterocycles. The van der Waals surface area contributed by atoms with E-state index in [4.69, 9.17) is 9.47 Å². The van der Waals surface area contributed by atoms with Gasteiger partial charge in [0, 0.05) is 30.4 Å². The molecule has 0 aliphatic carbocycles. The lowest BCUT2D eigenvalue weighted by atomic mass is 9.78. The van der Waals surface area contributed by atoms with Crippen molar-refractivity contribution in [3.63, 3.8) is 0 Å². The van der Waals surface area contributed by atoms with Crippen molar-refractivity contribution in [1.82, 2.24) is 0 Å². The highest BCUT2D eigenvalue weighted by molar-refractivity contribution is 5.62. The molecule has 1 N–H and O–H groups in total. The molecule has 3 nitrogen and oxygen atoms in total. The maximum absolute atomic E-state index is 6.46. The molecule has 106 valence electrons. The Hall–Kier alpha value is -1.32. The van der Waals surface area contributed by atoms with Crippen molar-refractivity contribution in [2.45, 2.75) is 38.6 Å². The molecule has 3 fully saturated rings. The molecule has 20 heavy (non-hydrogen) atoms. The number of hydrogen-bond acceptors (Lipinski definition) is 2. The third kappa shape index (κ3) is 1.66. The molecule has 5 rings (SSSR count). The maximum Gasteiger partial charge on any atom is 0.289 e. The molecule has 3 saturated heterocycles. The van der Waals surface area contributed by atoms with Crippen molar-refractivity contribution >= 4 is 6.08 Å².